The number of rotatable bonds is 8. The van der Waals surface area contributed by atoms with Gasteiger partial charge in [-0.15, -0.1) is 0 Å². The van der Waals surface area contributed by atoms with Gasteiger partial charge in [0.2, 0.25) is 0 Å². The van der Waals surface area contributed by atoms with Crippen LogP contribution >= 0.6 is 11.6 Å². The summed E-state index contributed by atoms with van der Waals surface area (Å²) in [5.41, 5.74) is 12.1. The van der Waals surface area contributed by atoms with E-state index in [0.29, 0.717) is 34.5 Å². The Hall–Kier alpha value is -3.33. The molecule has 0 aliphatic carbocycles. The molecule has 0 radical (unpaired) electrons. The number of amides is 1. The highest BCUT2D eigenvalue weighted by molar-refractivity contribution is 6.30. The monoisotopic (exact) mass is 386 g/mol. The molecule has 0 aliphatic rings. The molecule has 1 aromatic carbocycles. The van der Waals surface area contributed by atoms with Crippen molar-refractivity contribution in [3.63, 3.8) is 0 Å². The van der Waals surface area contributed by atoms with Crippen LogP contribution in [0.15, 0.2) is 49.3 Å². The molecule has 2 aromatic heterocycles. The van der Waals surface area contributed by atoms with E-state index in [0.717, 1.165) is 13.0 Å². The van der Waals surface area contributed by atoms with Gasteiger partial charge >= 0.3 is 0 Å². The molecule has 27 heavy (non-hydrogen) atoms. The number of aromatic nitrogens is 4. The van der Waals surface area contributed by atoms with Crippen molar-refractivity contribution in [3.8, 4) is 0 Å². The second-order valence-corrected chi connectivity index (χ2v) is 6.09. The number of nitrogens with one attached hydrogen (secondary N) is 3. The predicted octanol–water partition coefficient (Wildman–Crippen LogP) is 2.17. The second kappa shape index (κ2) is 8.86. The maximum absolute atomic E-state index is 12.2. The van der Waals surface area contributed by atoms with Gasteiger partial charge in [0.25, 0.3) is 5.91 Å². The molecule has 3 rings (SSSR count). The van der Waals surface area contributed by atoms with Gasteiger partial charge < -0.3 is 15.6 Å². The summed E-state index contributed by atoms with van der Waals surface area (Å²) in [4.78, 5) is 24.3. The molecule has 0 saturated carbocycles. The van der Waals surface area contributed by atoms with Crippen LogP contribution in [0.5, 0.6) is 0 Å². The van der Waals surface area contributed by atoms with E-state index in [1.54, 1.807) is 36.8 Å². The summed E-state index contributed by atoms with van der Waals surface area (Å²) in [5.74, 6) is 0.443. The summed E-state index contributed by atoms with van der Waals surface area (Å²) in [6.45, 7) is 1.51. The molecule has 2 heterocycles. The number of hydrazine groups is 1. The number of halogens is 1. The molecule has 0 atom stereocenters. The van der Waals surface area contributed by atoms with Gasteiger partial charge in [0.05, 0.1) is 6.33 Å². The first kappa shape index (κ1) is 18.5. The largest absolute Gasteiger partial charge is 0.393 e. The van der Waals surface area contributed by atoms with E-state index >= 15 is 0 Å². The van der Waals surface area contributed by atoms with Crippen molar-refractivity contribution < 1.29 is 4.79 Å². The number of nitrogen functional groups attached to an aromatic ring is 1. The lowest BCUT2D eigenvalue weighted by Crippen LogP contribution is -2.30. The fourth-order valence-electron chi connectivity index (χ4n) is 2.34. The first-order valence-electron chi connectivity index (χ1n) is 8.25. The average molecular weight is 387 g/mol. The first-order chi connectivity index (χ1) is 13.1. The van der Waals surface area contributed by atoms with Crippen molar-refractivity contribution in [1.29, 1.82) is 0 Å². The summed E-state index contributed by atoms with van der Waals surface area (Å²) in [6, 6.07) is 6.61. The third-order valence-electron chi connectivity index (χ3n) is 3.71. The lowest BCUT2D eigenvalue weighted by molar-refractivity contribution is 0.0962. The maximum Gasteiger partial charge on any atom is 0.269 e. The molecular weight excluding hydrogens is 368 g/mol. The van der Waals surface area contributed by atoms with E-state index in [1.165, 1.54) is 6.33 Å². The van der Waals surface area contributed by atoms with Gasteiger partial charge in [-0.1, -0.05) is 17.7 Å². The highest BCUT2D eigenvalue weighted by Gasteiger charge is 2.10. The summed E-state index contributed by atoms with van der Waals surface area (Å²) in [6.07, 6.45) is 7.65. The molecule has 0 saturated heterocycles. The van der Waals surface area contributed by atoms with Crippen LogP contribution < -0.4 is 21.9 Å². The molecule has 0 spiro atoms. The van der Waals surface area contributed by atoms with Crippen molar-refractivity contribution in [2.45, 2.75) is 13.0 Å². The van der Waals surface area contributed by atoms with Gasteiger partial charge in [0.15, 0.2) is 11.6 Å². The van der Waals surface area contributed by atoms with E-state index in [1.807, 2.05) is 10.8 Å². The minimum absolute atomic E-state index is 0.303. The third-order valence-corrected chi connectivity index (χ3v) is 3.94. The summed E-state index contributed by atoms with van der Waals surface area (Å²) in [5, 5.41) is 3.64. The predicted molar refractivity (Wildman–Crippen MR) is 104 cm³/mol. The van der Waals surface area contributed by atoms with E-state index in [-0.39, 0.29) is 5.91 Å². The van der Waals surface area contributed by atoms with E-state index in [2.05, 4.69) is 31.1 Å². The first-order valence-corrected chi connectivity index (χ1v) is 8.63. The number of benzene rings is 1. The Morgan fingerprint density at radius 2 is 2.11 bits per heavy atom. The molecule has 0 bridgehead atoms. The molecule has 0 aliphatic heterocycles. The highest BCUT2D eigenvalue weighted by Crippen LogP contribution is 2.21. The van der Waals surface area contributed by atoms with Crippen molar-refractivity contribution in [1.82, 2.24) is 24.9 Å². The number of imidazole rings is 1. The lowest BCUT2D eigenvalue weighted by atomic mass is 10.2. The zero-order valence-electron chi connectivity index (χ0n) is 14.4. The standard InChI is InChI=1S/C17H19ClN8O/c18-13-4-1-3-12(9-13)17(27)25-24-16-14(19)15(22-10-23-16)21-5-2-7-26-8-6-20-11-26/h1,3-4,6,8-11H,2,5,7,19H2,(H,25,27)(H2,21,22,23,24). The summed E-state index contributed by atoms with van der Waals surface area (Å²) in [7, 11) is 0. The van der Waals surface area contributed by atoms with Crippen LogP contribution in [0.25, 0.3) is 0 Å². The molecule has 3 aromatic rings. The Balaban J connectivity index is 1.53. The van der Waals surface area contributed by atoms with Crippen LogP contribution in [0.2, 0.25) is 5.02 Å². The van der Waals surface area contributed by atoms with Crippen molar-refractivity contribution in [2.75, 3.05) is 23.0 Å². The number of hydrogen-bond donors (Lipinski definition) is 4. The van der Waals surface area contributed by atoms with Gasteiger partial charge in [0.1, 0.15) is 12.0 Å². The van der Waals surface area contributed by atoms with Crippen LogP contribution in [0.4, 0.5) is 17.3 Å². The highest BCUT2D eigenvalue weighted by atomic mass is 35.5. The quantitative estimate of drug-likeness (QED) is 0.345. The Morgan fingerprint density at radius 3 is 2.89 bits per heavy atom. The van der Waals surface area contributed by atoms with Gasteiger partial charge in [-0.25, -0.2) is 15.0 Å². The summed E-state index contributed by atoms with van der Waals surface area (Å²) >= 11 is 5.89. The summed E-state index contributed by atoms with van der Waals surface area (Å²) < 4.78 is 1.99. The van der Waals surface area contributed by atoms with Crippen LogP contribution in [-0.2, 0) is 6.54 Å². The zero-order valence-corrected chi connectivity index (χ0v) is 15.1. The second-order valence-electron chi connectivity index (χ2n) is 5.65. The van der Waals surface area contributed by atoms with Crippen LogP contribution in [0.1, 0.15) is 16.8 Å². The molecule has 1 amide bonds. The number of anilines is 3. The number of aryl methyl sites for hydroxylation is 1. The van der Waals surface area contributed by atoms with Gasteiger partial charge in [-0.3, -0.25) is 15.6 Å². The van der Waals surface area contributed by atoms with E-state index in [9.17, 15) is 4.79 Å². The fourth-order valence-corrected chi connectivity index (χ4v) is 2.53. The minimum atomic E-state index is -0.356. The molecule has 140 valence electrons. The number of nitrogens with zero attached hydrogens (tertiary/aromatic N) is 4. The number of nitrogens with two attached hydrogens (primary N) is 1. The van der Waals surface area contributed by atoms with Gasteiger partial charge in [-0.2, -0.15) is 0 Å². The number of hydrogen-bond acceptors (Lipinski definition) is 7. The fraction of sp³-hybridized carbons (Fsp3) is 0.176. The molecule has 0 unspecified atom stereocenters. The Morgan fingerprint density at radius 1 is 1.26 bits per heavy atom. The topological polar surface area (TPSA) is 123 Å². The number of carbonyl (C=O) groups is 1. The molecule has 10 heteroatoms. The smallest absolute Gasteiger partial charge is 0.269 e. The Kier molecular flexibility index (Phi) is 6.06. The normalized spacial score (nSPS) is 10.4. The molecular formula is C17H19ClN8O. The molecule has 9 nitrogen and oxygen atoms in total. The van der Waals surface area contributed by atoms with Crippen molar-refractivity contribution >= 4 is 34.8 Å². The zero-order chi connectivity index (χ0) is 19.1. The van der Waals surface area contributed by atoms with Gasteiger partial charge in [-0.05, 0) is 24.6 Å². The van der Waals surface area contributed by atoms with Crippen LogP contribution in [0.3, 0.4) is 0 Å². The molecule has 5 N–H and O–H groups in total. The third kappa shape index (κ3) is 5.08. The van der Waals surface area contributed by atoms with Crippen LogP contribution in [0, 0.1) is 0 Å². The number of carbonyl (C=O) groups excluding carboxylic acids is 1. The minimum Gasteiger partial charge on any atom is -0.393 e. The van der Waals surface area contributed by atoms with Crippen LogP contribution in [-0.4, -0.2) is 32.0 Å². The van der Waals surface area contributed by atoms with Crippen molar-refractivity contribution in [2.24, 2.45) is 0 Å². The average Bonchev–Trinajstić information content (AvgIpc) is 3.18. The van der Waals surface area contributed by atoms with Gasteiger partial charge in [0, 0.05) is 36.1 Å². The Bertz CT molecular complexity index is 900. The Labute approximate surface area is 161 Å². The van der Waals surface area contributed by atoms with E-state index < -0.39 is 0 Å². The van der Waals surface area contributed by atoms with Crippen molar-refractivity contribution in [3.05, 3.63) is 59.9 Å². The SMILES string of the molecule is Nc1c(NCCCn2ccnc2)ncnc1NNC(=O)c1cccc(Cl)c1. The lowest BCUT2D eigenvalue weighted by Gasteiger charge is -2.13. The molecule has 0 fully saturated rings. The maximum atomic E-state index is 12.2. The van der Waals surface area contributed by atoms with E-state index in [4.69, 9.17) is 17.3 Å².